The van der Waals surface area contributed by atoms with Crippen LogP contribution in [-0.2, 0) is 6.54 Å². The molecule has 0 spiro atoms. The molecule has 0 radical (unpaired) electrons. The van der Waals surface area contributed by atoms with E-state index in [1.54, 1.807) is 12.3 Å². The third kappa shape index (κ3) is 1.70. The molecule has 0 saturated carbocycles. The number of halogens is 1. The van der Waals surface area contributed by atoms with Gasteiger partial charge in [-0.15, -0.1) is 0 Å². The van der Waals surface area contributed by atoms with Gasteiger partial charge in [0.05, 0.1) is 12.1 Å². The number of hydrogen-bond donors (Lipinski definition) is 1. The number of rotatable bonds is 2. The quantitative estimate of drug-likeness (QED) is 0.781. The average molecular weight is 191 g/mol. The molecule has 0 bridgehead atoms. The van der Waals surface area contributed by atoms with Crippen molar-refractivity contribution in [2.24, 2.45) is 0 Å². The second-order valence-corrected chi connectivity index (χ2v) is 3.02. The summed E-state index contributed by atoms with van der Waals surface area (Å²) in [5.41, 5.74) is 0.770. The maximum atomic E-state index is 12.8. The second kappa shape index (κ2) is 3.67. The van der Waals surface area contributed by atoms with Crippen LogP contribution in [0.25, 0.3) is 10.9 Å². The van der Waals surface area contributed by atoms with Crippen LogP contribution in [0.15, 0.2) is 24.4 Å². The van der Waals surface area contributed by atoms with Gasteiger partial charge in [-0.2, -0.15) is 0 Å². The molecule has 0 aliphatic heterocycles. The molecule has 0 amide bonds. The van der Waals surface area contributed by atoms with Crippen LogP contribution in [0.5, 0.6) is 0 Å². The molecule has 4 heteroatoms. The lowest BCUT2D eigenvalue weighted by molar-refractivity contribution is 0.629. The molecule has 0 fully saturated rings. The highest BCUT2D eigenvalue weighted by Gasteiger charge is 1.99. The van der Waals surface area contributed by atoms with E-state index in [2.05, 4.69) is 15.3 Å². The Bertz CT molecular complexity index is 456. The summed E-state index contributed by atoms with van der Waals surface area (Å²) in [7, 11) is 1.83. The molecule has 1 aromatic carbocycles. The summed E-state index contributed by atoms with van der Waals surface area (Å²) in [6.45, 7) is 0.618. The van der Waals surface area contributed by atoms with Gasteiger partial charge in [0, 0.05) is 11.6 Å². The van der Waals surface area contributed by atoms with Crippen LogP contribution in [-0.4, -0.2) is 17.0 Å². The molecule has 72 valence electrons. The van der Waals surface area contributed by atoms with Crippen molar-refractivity contribution in [3.63, 3.8) is 0 Å². The van der Waals surface area contributed by atoms with Crippen LogP contribution in [0.2, 0.25) is 0 Å². The van der Waals surface area contributed by atoms with Crippen LogP contribution in [0.3, 0.4) is 0 Å². The zero-order chi connectivity index (χ0) is 9.97. The Hall–Kier alpha value is -1.55. The zero-order valence-electron chi connectivity index (χ0n) is 7.79. The molecule has 0 unspecified atom stereocenters. The van der Waals surface area contributed by atoms with Gasteiger partial charge < -0.3 is 5.32 Å². The van der Waals surface area contributed by atoms with Crippen molar-refractivity contribution >= 4 is 10.9 Å². The largest absolute Gasteiger partial charge is 0.313 e. The van der Waals surface area contributed by atoms with Crippen LogP contribution < -0.4 is 5.32 Å². The minimum atomic E-state index is -0.262. The van der Waals surface area contributed by atoms with E-state index in [1.165, 1.54) is 12.1 Å². The Kier molecular flexibility index (Phi) is 2.37. The predicted octanol–water partition coefficient (Wildman–Crippen LogP) is 1.49. The fourth-order valence-electron chi connectivity index (χ4n) is 1.29. The van der Waals surface area contributed by atoms with E-state index in [9.17, 15) is 4.39 Å². The van der Waals surface area contributed by atoms with Crippen molar-refractivity contribution in [2.45, 2.75) is 6.54 Å². The zero-order valence-corrected chi connectivity index (χ0v) is 7.79. The van der Waals surface area contributed by atoms with Crippen LogP contribution >= 0.6 is 0 Å². The third-order valence-corrected chi connectivity index (χ3v) is 1.93. The van der Waals surface area contributed by atoms with E-state index in [4.69, 9.17) is 0 Å². The van der Waals surface area contributed by atoms with Gasteiger partial charge >= 0.3 is 0 Å². The highest BCUT2D eigenvalue weighted by Crippen LogP contribution is 2.11. The van der Waals surface area contributed by atoms with Crippen LogP contribution in [0.1, 0.15) is 5.82 Å². The molecule has 0 atom stereocenters. The highest BCUT2D eigenvalue weighted by molar-refractivity contribution is 5.77. The summed E-state index contributed by atoms with van der Waals surface area (Å²) in [5, 5.41) is 3.69. The maximum Gasteiger partial charge on any atom is 0.142 e. The Morgan fingerprint density at radius 1 is 1.43 bits per heavy atom. The number of benzene rings is 1. The molecule has 0 aliphatic carbocycles. The molecule has 0 aliphatic rings. The number of nitrogens with one attached hydrogen (secondary N) is 1. The average Bonchev–Trinajstić information content (AvgIpc) is 2.19. The highest BCUT2D eigenvalue weighted by atomic mass is 19.1. The van der Waals surface area contributed by atoms with Gasteiger partial charge in [-0.05, 0) is 25.2 Å². The molecule has 3 nitrogen and oxygen atoms in total. The van der Waals surface area contributed by atoms with Gasteiger partial charge in [-0.25, -0.2) is 14.4 Å². The fourth-order valence-corrected chi connectivity index (χ4v) is 1.29. The lowest BCUT2D eigenvalue weighted by Crippen LogP contribution is -2.08. The summed E-state index contributed by atoms with van der Waals surface area (Å²) in [4.78, 5) is 8.36. The minimum Gasteiger partial charge on any atom is -0.313 e. The summed E-state index contributed by atoms with van der Waals surface area (Å²) >= 11 is 0. The normalized spacial score (nSPS) is 10.7. The van der Waals surface area contributed by atoms with E-state index in [0.29, 0.717) is 12.4 Å². The third-order valence-electron chi connectivity index (χ3n) is 1.93. The molecule has 1 aromatic heterocycles. The van der Waals surface area contributed by atoms with Crippen molar-refractivity contribution in [1.82, 2.24) is 15.3 Å². The monoisotopic (exact) mass is 191 g/mol. The number of aromatic nitrogens is 2. The molecule has 1 heterocycles. The molecule has 2 aromatic rings. The first kappa shape index (κ1) is 9.02. The SMILES string of the molecule is CNCc1ncc2cc(F)ccc2n1. The first-order valence-corrected chi connectivity index (χ1v) is 4.35. The maximum absolute atomic E-state index is 12.8. The van der Waals surface area contributed by atoms with Gasteiger partial charge in [0.25, 0.3) is 0 Å². The predicted molar refractivity (Wildman–Crippen MR) is 52.3 cm³/mol. The van der Waals surface area contributed by atoms with E-state index in [-0.39, 0.29) is 5.82 Å². The van der Waals surface area contributed by atoms with Crippen molar-refractivity contribution in [3.8, 4) is 0 Å². The fraction of sp³-hybridized carbons (Fsp3) is 0.200. The topological polar surface area (TPSA) is 37.8 Å². The van der Waals surface area contributed by atoms with Crippen molar-refractivity contribution in [2.75, 3.05) is 7.05 Å². The first-order chi connectivity index (χ1) is 6.79. The van der Waals surface area contributed by atoms with Crippen molar-refractivity contribution in [3.05, 3.63) is 36.0 Å². The van der Waals surface area contributed by atoms with Gasteiger partial charge in [-0.3, -0.25) is 0 Å². The number of fused-ring (bicyclic) bond motifs is 1. The molecular weight excluding hydrogens is 181 g/mol. The second-order valence-electron chi connectivity index (χ2n) is 3.02. The van der Waals surface area contributed by atoms with Crippen molar-refractivity contribution < 1.29 is 4.39 Å². The molecule has 0 saturated heterocycles. The smallest absolute Gasteiger partial charge is 0.142 e. The lowest BCUT2D eigenvalue weighted by Gasteiger charge is -2.00. The van der Waals surface area contributed by atoms with E-state index < -0.39 is 0 Å². The standard InChI is InChI=1S/C10H10FN3/c1-12-6-10-13-5-7-4-8(11)2-3-9(7)14-10/h2-5,12H,6H2,1H3. The molecular formula is C10H10FN3. The number of hydrogen-bond acceptors (Lipinski definition) is 3. The summed E-state index contributed by atoms with van der Waals surface area (Å²) in [6.07, 6.45) is 1.64. The number of nitrogens with zero attached hydrogens (tertiary/aromatic N) is 2. The van der Waals surface area contributed by atoms with E-state index in [1.807, 2.05) is 7.05 Å². The summed E-state index contributed by atoms with van der Waals surface area (Å²) < 4.78 is 12.8. The van der Waals surface area contributed by atoms with Crippen LogP contribution in [0.4, 0.5) is 4.39 Å². The Labute approximate surface area is 81.0 Å². The van der Waals surface area contributed by atoms with Crippen molar-refractivity contribution in [1.29, 1.82) is 0 Å². The van der Waals surface area contributed by atoms with E-state index in [0.717, 1.165) is 10.9 Å². The molecule has 14 heavy (non-hydrogen) atoms. The van der Waals surface area contributed by atoms with Gasteiger partial charge in [0.15, 0.2) is 0 Å². The van der Waals surface area contributed by atoms with Gasteiger partial charge in [0.1, 0.15) is 11.6 Å². The van der Waals surface area contributed by atoms with Crippen LogP contribution in [0, 0.1) is 5.82 Å². The van der Waals surface area contributed by atoms with E-state index >= 15 is 0 Å². The minimum absolute atomic E-state index is 0.262. The molecule has 1 N–H and O–H groups in total. The first-order valence-electron chi connectivity index (χ1n) is 4.35. The Morgan fingerprint density at radius 3 is 3.07 bits per heavy atom. The Balaban J connectivity index is 2.50. The summed E-state index contributed by atoms with van der Waals surface area (Å²) in [6, 6.07) is 4.49. The van der Waals surface area contributed by atoms with Gasteiger partial charge in [-0.1, -0.05) is 0 Å². The summed E-state index contributed by atoms with van der Waals surface area (Å²) in [5.74, 6) is 0.453. The lowest BCUT2D eigenvalue weighted by atomic mass is 10.2. The van der Waals surface area contributed by atoms with Gasteiger partial charge in [0.2, 0.25) is 0 Å². The molecule has 2 rings (SSSR count). The Morgan fingerprint density at radius 2 is 2.29 bits per heavy atom.